The summed E-state index contributed by atoms with van der Waals surface area (Å²) in [6.45, 7) is 2.15. The lowest BCUT2D eigenvalue weighted by Crippen LogP contribution is -2.23. The number of nitrogens with one attached hydrogen (secondary N) is 1. The van der Waals surface area contributed by atoms with Crippen LogP contribution >= 0.6 is 22.9 Å². The Hall–Kier alpha value is -1.02. The molecule has 0 atom stereocenters. The largest absolute Gasteiger partial charge is 0.260 e. The van der Waals surface area contributed by atoms with E-state index in [1.165, 1.54) is 6.20 Å². The summed E-state index contributed by atoms with van der Waals surface area (Å²) >= 11 is 6.56. The summed E-state index contributed by atoms with van der Waals surface area (Å²) in [4.78, 5) is 7.91. The van der Waals surface area contributed by atoms with Crippen LogP contribution in [0.15, 0.2) is 28.7 Å². The second-order valence-corrected chi connectivity index (χ2v) is 7.33. The maximum Gasteiger partial charge on any atom is 0.252 e. The number of thiazole rings is 1. The van der Waals surface area contributed by atoms with Crippen molar-refractivity contribution in [3.63, 3.8) is 0 Å². The van der Waals surface area contributed by atoms with E-state index in [0.717, 1.165) is 29.0 Å². The zero-order valence-electron chi connectivity index (χ0n) is 10.1. The van der Waals surface area contributed by atoms with Crippen LogP contribution < -0.4 is 4.72 Å². The number of nitrogens with zero attached hydrogens (tertiary/aromatic N) is 2. The van der Waals surface area contributed by atoms with Gasteiger partial charge in [0.05, 0.1) is 18.4 Å². The second kappa shape index (κ2) is 5.96. The molecule has 0 aliphatic rings. The van der Waals surface area contributed by atoms with Crippen molar-refractivity contribution >= 4 is 33.0 Å². The first-order chi connectivity index (χ1) is 9.03. The van der Waals surface area contributed by atoms with E-state index in [1.807, 2.05) is 19.1 Å². The minimum Gasteiger partial charge on any atom is -0.260 e. The summed E-state index contributed by atoms with van der Waals surface area (Å²) in [5.74, 6) is 0. The van der Waals surface area contributed by atoms with Gasteiger partial charge in [0.2, 0.25) is 0 Å². The molecule has 2 aromatic rings. The molecule has 0 unspecified atom stereocenters. The number of halogens is 1. The van der Waals surface area contributed by atoms with Crippen molar-refractivity contribution < 1.29 is 8.42 Å². The van der Waals surface area contributed by atoms with Crippen LogP contribution in [0.4, 0.5) is 0 Å². The average Bonchev–Trinajstić information content (AvgIpc) is 2.84. The topological polar surface area (TPSA) is 72.0 Å². The van der Waals surface area contributed by atoms with Crippen LogP contribution in [0.5, 0.6) is 0 Å². The van der Waals surface area contributed by atoms with Gasteiger partial charge in [0.15, 0.2) is 8.68 Å². The van der Waals surface area contributed by atoms with Gasteiger partial charge in [-0.3, -0.25) is 4.98 Å². The van der Waals surface area contributed by atoms with Gasteiger partial charge in [-0.1, -0.05) is 35.9 Å². The number of hydrogen-bond acceptors (Lipinski definition) is 5. The normalized spacial score (nSPS) is 11.7. The maximum absolute atomic E-state index is 12.0. The molecule has 5 nitrogen and oxygen atoms in total. The number of sulfonamides is 1. The van der Waals surface area contributed by atoms with E-state index >= 15 is 0 Å². The van der Waals surface area contributed by atoms with E-state index < -0.39 is 10.0 Å². The predicted molar refractivity (Wildman–Crippen MR) is 74.8 cm³/mol. The molecule has 0 amide bonds. The Kier molecular flexibility index (Phi) is 4.51. The molecular formula is C11H12ClN3O2S2. The molecule has 0 spiro atoms. The van der Waals surface area contributed by atoms with Gasteiger partial charge in [-0.2, -0.15) is 0 Å². The Bertz CT molecular complexity index is 670. The minimum absolute atomic E-state index is 0.103. The fourth-order valence-electron chi connectivity index (χ4n) is 1.55. The molecular weight excluding hydrogens is 306 g/mol. The van der Waals surface area contributed by atoms with Crippen molar-refractivity contribution in [1.82, 2.24) is 14.7 Å². The lowest BCUT2D eigenvalue weighted by Gasteiger charge is -2.07. The third-order valence-electron chi connectivity index (χ3n) is 2.52. The van der Waals surface area contributed by atoms with Gasteiger partial charge in [-0.25, -0.2) is 18.1 Å². The molecule has 0 saturated carbocycles. The summed E-state index contributed by atoms with van der Waals surface area (Å²) in [6, 6.07) is 3.76. The van der Waals surface area contributed by atoms with Crippen molar-refractivity contribution in [3.05, 3.63) is 40.3 Å². The average molecular weight is 318 g/mol. The van der Waals surface area contributed by atoms with Gasteiger partial charge >= 0.3 is 0 Å². The number of aromatic nitrogens is 2. The Morgan fingerprint density at radius 3 is 2.84 bits per heavy atom. The zero-order valence-corrected chi connectivity index (χ0v) is 12.5. The van der Waals surface area contributed by atoms with Crippen molar-refractivity contribution in [1.29, 1.82) is 0 Å². The maximum atomic E-state index is 12.0. The highest BCUT2D eigenvalue weighted by Gasteiger charge is 2.17. The highest BCUT2D eigenvalue weighted by Crippen LogP contribution is 2.22. The fourth-order valence-corrected chi connectivity index (χ4v) is 3.88. The molecule has 0 aliphatic heterocycles. The zero-order chi connectivity index (χ0) is 13.9. The summed E-state index contributed by atoms with van der Waals surface area (Å²) in [5, 5.41) is 0. The third kappa shape index (κ3) is 3.50. The van der Waals surface area contributed by atoms with Gasteiger partial charge in [-0.15, -0.1) is 0 Å². The predicted octanol–water partition coefficient (Wildman–Crippen LogP) is 2.23. The van der Waals surface area contributed by atoms with Crippen LogP contribution in [-0.2, 0) is 23.0 Å². The van der Waals surface area contributed by atoms with Crippen LogP contribution in [0, 0.1) is 0 Å². The summed E-state index contributed by atoms with van der Waals surface area (Å²) in [5.41, 5.74) is 1.75. The molecule has 0 bridgehead atoms. The lowest BCUT2D eigenvalue weighted by atomic mass is 10.1. The molecule has 2 heterocycles. The number of hydrogen-bond donors (Lipinski definition) is 1. The number of rotatable bonds is 5. The molecule has 19 heavy (non-hydrogen) atoms. The van der Waals surface area contributed by atoms with Crippen molar-refractivity contribution in [2.75, 3.05) is 0 Å². The molecule has 8 heteroatoms. The molecule has 0 aromatic carbocycles. The van der Waals surface area contributed by atoms with Crippen molar-refractivity contribution in [2.24, 2.45) is 0 Å². The minimum atomic E-state index is -3.58. The van der Waals surface area contributed by atoms with E-state index in [2.05, 4.69) is 14.7 Å². The molecule has 0 saturated heterocycles. The van der Waals surface area contributed by atoms with E-state index in [4.69, 9.17) is 11.6 Å². The third-order valence-corrected chi connectivity index (χ3v) is 5.49. The highest BCUT2D eigenvalue weighted by atomic mass is 35.5. The molecule has 0 fully saturated rings. The first-order valence-electron chi connectivity index (χ1n) is 5.56. The monoisotopic (exact) mass is 317 g/mol. The fraction of sp³-hybridized carbons (Fsp3) is 0.273. The quantitative estimate of drug-likeness (QED) is 0.918. The van der Waals surface area contributed by atoms with Gasteiger partial charge in [0, 0.05) is 6.20 Å². The van der Waals surface area contributed by atoms with Crippen LogP contribution in [0.1, 0.15) is 18.2 Å². The van der Waals surface area contributed by atoms with E-state index in [1.54, 1.807) is 6.20 Å². The highest BCUT2D eigenvalue weighted by molar-refractivity contribution is 7.91. The van der Waals surface area contributed by atoms with Crippen molar-refractivity contribution in [2.45, 2.75) is 24.1 Å². The Morgan fingerprint density at radius 2 is 2.21 bits per heavy atom. The van der Waals surface area contributed by atoms with Crippen LogP contribution in [-0.4, -0.2) is 18.4 Å². The van der Waals surface area contributed by atoms with Gasteiger partial charge < -0.3 is 0 Å². The molecule has 0 radical (unpaired) electrons. The van der Waals surface area contributed by atoms with Gasteiger partial charge in [0.1, 0.15) is 0 Å². The Labute approximate surface area is 120 Å². The summed E-state index contributed by atoms with van der Waals surface area (Å²) < 4.78 is 26.8. The Morgan fingerprint density at radius 1 is 1.42 bits per heavy atom. The standard InChI is InChI=1S/C11H12ClN3O2S2/c1-2-8-4-3-5-13-9(8)6-15-19(16,17)10-7-14-11(12)18-10/h3-5,7,15H,2,6H2,1H3. The SMILES string of the molecule is CCc1cccnc1CNS(=O)(=O)c1cnc(Cl)s1. The molecule has 1 N–H and O–H groups in total. The molecule has 2 rings (SSSR count). The van der Waals surface area contributed by atoms with Crippen molar-refractivity contribution in [3.8, 4) is 0 Å². The first-order valence-corrected chi connectivity index (χ1v) is 8.24. The van der Waals surface area contributed by atoms with E-state index in [-0.39, 0.29) is 15.2 Å². The molecule has 2 aromatic heterocycles. The first kappa shape index (κ1) is 14.4. The van der Waals surface area contributed by atoms with E-state index in [0.29, 0.717) is 0 Å². The van der Waals surface area contributed by atoms with Crippen LogP contribution in [0.2, 0.25) is 4.47 Å². The van der Waals surface area contributed by atoms with Gasteiger partial charge in [-0.05, 0) is 18.1 Å². The van der Waals surface area contributed by atoms with Gasteiger partial charge in [0.25, 0.3) is 10.0 Å². The number of aryl methyl sites for hydroxylation is 1. The van der Waals surface area contributed by atoms with Crippen LogP contribution in [0.25, 0.3) is 0 Å². The smallest absolute Gasteiger partial charge is 0.252 e. The number of pyridine rings is 1. The molecule has 102 valence electrons. The Balaban J connectivity index is 2.14. The summed E-state index contributed by atoms with van der Waals surface area (Å²) in [7, 11) is -3.58. The molecule has 0 aliphatic carbocycles. The van der Waals surface area contributed by atoms with E-state index in [9.17, 15) is 8.42 Å². The van der Waals surface area contributed by atoms with Crippen LogP contribution in [0.3, 0.4) is 0 Å². The lowest BCUT2D eigenvalue weighted by molar-refractivity contribution is 0.582. The summed E-state index contributed by atoms with van der Waals surface area (Å²) in [6.07, 6.45) is 3.69. The second-order valence-electron chi connectivity index (χ2n) is 3.72.